The normalized spacial score (nSPS) is 14.7. The molecule has 0 heterocycles. The van der Waals surface area contributed by atoms with Gasteiger partial charge in [-0.15, -0.1) is 0 Å². The quantitative estimate of drug-likeness (QED) is 0.873. The van der Waals surface area contributed by atoms with E-state index in [1.54, 1.807) is 12.1 Å². The molecule has 0 bridgehead atoms. The third-order valence-corrected chi connectivity index (χ3v) is 3.15. The van der Waals surface area contributed by atoms with Crippen LogP contribution in [0, 0.1) is 5.82 Å². The van der Waals surface area contributed by atoms with Gasteiger partial charge in [0.2, 0.25) is 5.91 Å². The van der Waals surface area contributed by atoms with Crippen LogP contribution in [0.4, 0.5) is 4.39 Å². The van der Waals surface area contributed by atoms with Crippen molar-refractivity contribution >= 4 is 21.8 Å². The predicted octanol–water partition coefficient (Wildman–Crippen LogP) is 1.96. The molecule has 1 aromatic carbocycles. The third kappa shape index (κ3) is 4.09. The van der Waals surface area contributed by atoms with Gasteiger partial charge in [-0.2, -0.15) is 0 Å². The van der Waals surface area contributed by atoms with Gasteiger partial charge in [0.1, 0.15) is 5.82 Å². The Morgan fingerprint density at radius 2 is 2.24 bits per heavy atom. The second-order valence-electron chi connectivity index (χ2n) is 4.19. The number of benzene rings is 1. The van der Waals surface area contributed by atoms with Gasteiger partial charge in [-0.3, -0.25) is 4.79 Å². The number of carbonyl (C=O) groups excluding carboxylic acids is 1. The lowest BCUT2D eigenvalue weighted by Crippen LogP contribution is -2.34. The zero-order valence-electron chi connectivity index (χ0n) is 9.30. The molecule has 1 amide bonds. The van der Waals surface area contributed by atoms with Gasteiger partial charge in [-0.25, -0.2) is 4.39 Å². The number of nitrogens with one attached hydrogen (secondary N) is 2. The molecule has 0 unspecified atom stereocenters. The zero-order valence-corrected chi connectivity index (χ0v) is 10.9. The van der Waals surface area contributed by atoms with E-state index < -0.39 is 0 Å². The molecule has 1 fully saturated rings. The Bertz CT molecular complexity index is 421. The Balaban J connectivity index is 1.73. The summed E-state index contributed by atoms with van der Waals surface area (Å²) >= 11 is 3.13. The van der Waals surface area contributed by atoms with Crippen molar-refractivity contribution in [2.45, 2.75) is 25.4 Å². The number of rotatable bonds is 5. The highest BCUT2D eigenvalue weighted by molar-refractivity contribution is 9.10. The van der Waals surface area contributed by atoms with Crippen molar-refractivity contribution in [2.24, 2.45) is 0 Å². The summed E-state index contributed by atoms with van der Waals surface area (Å²) in [4.78, 5) is 11.4. The monoisotopic (exact) mass is 300 g/mol. The summed E-state index contributed by atoms with van der Waals surface area (Å²) in [7, 11) is 0. The lowest BCUT2D eigenvalue weighted by atomic mass is 10.2. The van der Waals surface area contributed by atoms with Crippen molar-refractivity contribution < 1.29 is 9.18 Å². The van der Waals surface area contributed by atoms with Crippen LogP contribution in [-0.4, -0.2) is 18.5 Å². The molecule has 1 saturated carbocycles. The van der Waals surface area contributed by atoms with E-state index >= 15 is 0 Å². The van der Waals surface area contributed by atoms with E-state index in [0.717, 1.165) is 18.4 Å². The highest BCUT2D eigenvalue weighted by Crippen LogP contribution is 2.18. The Hall–Kier alpha value is -0.940. The average Bonchev–Trinajstić information content (AvgIpc) is 3.07. The summed E-state index contributed by atoms with van der Waals surface area (Å²) in [6, 6.07) is 5.21. The number of hydrogen-bond donors (Lipinski definition) is 2. The van der Waals surface area contributed by atoms with Gasteiger partial charge in [-0.05, 0) is 46.5 Å². The first-order chi connectivity index (χ1) is 8.15. The first kappa shape index (κ1) is 12.5. The van der Waals surface area contributed by atoms with Crippen LogP contribution < -0.4 is 10.6 Å². The van der Waals surface area contributed by atoms with Crippen LogP contribution in [0.5, 0.6) is 0 Å². The fourth-order valence-electron chi connectivity index (χ4n) is 1.48. The van der Waals surface area contributed by atoms with Crippen molar-refractivity contribution in [2.75, 3.05) is 6.54 Å². The molecule has 0 aliphatic heterocycles. The van der Waals surface area contributed by atoms with E-state index in [-0.39, 0.29) is 11.7 Å². The molecule has 17 heavy (non-hydrogen) atoms. The predicted molar refractivity (Wildman–Crippen MR) is 67.0 cm³/mol. The summed E-state index contributed by atoms with van der Waals surface area (Å²) in [6.07, 6.45) is 2.19. The zero-order chi connectivity index (χ0) is 12.3. The van der Waals surface area contributed by atoms with E-state index in [2.05, 4.69) is 26.6 Å². The lowest BCUT2D eigenvalue weighted by molar-refractivity contribution is -0.120. The minimum absolute atomic E-state index is 0.0219. The molecule has 0 atom stereocenters. The summed E-state index contributed by atoms with van der Waals surface area (Å²) in [6.45, 7) is 0.850. The lowest BCUT2D eigenvalue weighted by Gasteiger charge is -2.06. The maximum atomic E-state index is 13.0. The molecule has 92 valence electrons. The molecule has 3 nitrogen and oxygen atoms in total. The smallest absolute Gasteiger partial charge is 0.234 e. The Morgan fingerprint density at radius 3 is 2.88 bits per heavy atom. The molecular weight excluding hydrogens is 287 g/mol. The van der Waals surface area contributed by atoms with Crippen molar-refractivity contribution in [1.82, 2.24) is 10.6 Å². The topological polar surface area (TPSA) is 41.1 Å². The number of hydrogen-bond acceptors (Lipinski definition) is 2. The molecular formula is C12H14BrFN2O. The van der Waals surface area contributed by atoms with Crippen LogP contribution in [0.15, 0.2) is 22.7 Å². The molecule has 5 heteroatoms. The van der Waals surface area contributed by atoms with Crippen molar-refractivity contribution in [3.8, 4) is 0 Å². The molecule has 0 spiro atoms. The third-order valence-electron chi connectivity index (χ3n) is 2.54. The number of amides is 1. The van der Waals surface area contributed by atoms with Crippen LogP contribution >= 0.6 is 15.9 Å². The molecule has 1 aromatic rings. The second-order valence-corrected chi connectivity index (χ2v) is 5.05. The van der Waals surface area contributed by atoms with Crippen molar-refractivity contribution in [3.05, 3.63) is 34.1 Å². The summed E-state index contributed by atoms with van der Waals surface area (Å²) in [5.41, 5.74) is 0.942. The van der Waals surface area contributed by atoms with Gasteiger partial charge in [0.25, 0.3) is 0 Å². The standard InChI is InChI=1S/C12H14BrFN2O/c13-10-5-8(1-4-11(10)14)6-15-7-12(17)16-9-2-3-9/h1,4-5,9,15H,2-3,6-7H2,(H,16,17). The van der Waals surface area contributed by atoms with E-state index in [4.69, 9.17) is 0 Å². The van der Waals surface area contributed by atoms with E-state index in [0.29, 0.717) is 23.6 Å². The Labute approximate surface area is 108 Å². The van der Waals surface area contributed by atoms with Gasteiger partial charge in [0, 0.05) is 12.6 Å². The fraction of sp³-hybridized carbons (Fsp3) is 0.417. The van der Waals surface area contributed by atoms with E-state index in [9.17, 15) is 9.18 Å². The van der Waals surface area contributed by atoms with Gasteiger partial charge in [0.15, 0.2) is 0 Å². The van der Waals surface area contributed by atoms with Gasteiger partial charge in [0.05, 0.1) is 11.0 Å². The summed E-state index contributed by atoms with van der Waals surface area (Å²) < 4.78 is 13.4. The van der Waals surface area contributed by atoms with Gasteiger partial charge < -0.3 is 10.6 Å². The highest BCUT2D eigenvalue weighted by atomic mass is 79.9. The maximum Gasteiger partial charge on any atom is 0.234 e. The number of carbonyl (C=O) groups is 1. The molecule has 0 saturated heterocycles. The maximum absolute atomic E-state index is 13.0. The minimum atomic E-state index is -0.278. The Kier molecular flexibility index (Phi) is 4.12. The van der Waals surface area contributed by atoms with Gasteiger partial charge >= 0.3 is 0 Å². The van der Waals surface area contributed by atoms with Crippen LogP contribution in [0.2, 0.25) is 0 Å². The SMILES string of the molecule is O=C(CNCc1ccc(F)c(Br)c1)NC1CC1. The van der Waals surface area contributed by atoms with E-state index in [1.165, 1.54) is 6.07 Å². The number of halogens is 2. The highest BCUT2D eigenvalue weighted by Gasteiger charge is 2.22. The fourth-order valence-corrected chi connectivity index (χ4v) is 1.90. The molecule has 1 aliphatic carbocycles. The minimum Gasteiger partial charge on any atom is -0.352 e. The summed E-state index contributed by atoms with van der Waals surface area (Å²) in [5.74, 6) is -0.256. The summed E-state index contributed by atoms with van der Waals surface area (Å²) in [5, 5.41) is 5.92. The largest absolute Gasteiger partial charge is 0.352 e. The van der Waals surface area contributed by atoms with Crippen LogP contribution in [0.1, 0.15) is 18.4 Å². The van der Waals surface area contributed by atoms with Gasteiger partial charge in [-0.1, -0.05) is 6.07 Å². The van der Waals surface area contributed by atoms with Crippen LogP contribution in [0.3, 0.4) is 0 Å². The van der Waals surface area contributed by atoms with Crippen molar-refractivity contribution in [1.29, 1.82) is 0 Å². The first-order valence-corrected chi connectivity index (χ1v) is 6.38. The van der Waals surface area contributed by atoms with Crippen LogP contribution in [0.25, 0.3) is 0 Å². The molecule has 1 aliphatic rings. The molecule has 0 aromatic heterocycles. The average molecular weight is 301 g/mol. The molecule has 2 rings (SSSR count). The van der Waals surface area contributed by atoms with E-state index in [1.807, 2.05) is 0 Å². The molecule has 0 radical (unpaired) electrons. The Morgan fingerprint density at radius 1 is 1.47 bits per heavy atom. The first-order valence-electron chi connectivity index (χ1n) is 5.59. The second kappa shape index (κ2) is 5.60. The molecule has 2 N–H and O–H groups in total. The van der Waals surface area contributed by atoms with Crippen LogP contribution in [-0.2, 0) is 11.3 Å². The van der Waals surface area contributed by atoms with Crippen molar-refractivity contribution in [3.63, 3.8) is 0 Å².